The predicted molar refractivity (Wildman–Crippen MR) is 148 cm³/mol. The number of hydrogen-bond donors (Lipinski definition) is 0. The fraction of sp³-hybridized carbons (Fsp3) is 0.0909. The zero-order chi connectivity index (χ0) is 23.7. The van der Waals surface area contributed by atoms with Crippen molar-refractivity contribution in [3.8, 4) is 22.3 Å². The van der Waals surface area contributed by atoms with Crippen molar-refractivity contribution in [2.45, 2.75) is 13.8 Å². The SMILES string of the molecule is C=C(/C=C\C)c1cccc(-c2ccc3c(c2)-c2ccccc2N(c2ccccc2C)CC3=C)c1. The molecule has 0 bridgehead atoms. The topological polar surface area (TPSA) is 3.24 Å². The van der Waals surface area contributed by atoms with Gasteiger partial charge in [0.05, 0.1) is 0 Å². The summed E-state index contributed by atoms with van der Waals surface area (Å²) in [5.74, 6) is 0. The highest BCUT2D eigenvalue weighted by Crippen LogP contribution is 2.44. The van der Waals surface area contributed by atoms with Crippen LogP contribution in [0.25, 0.3) is 33.4 Å². The molecule has 0 N–H and O–H groups in total. The molecule has 0 unspecified atom stereocenters. The normalized spacial score (nSPS) is 12.9. The largest absolute Gasteiger partial charge is 0.336 e. The number of aryl methyl sites for hydroxylation is 1. The van der Waals surface area contributed by atoms with E-state index in [0.717, 1.165) is 23.3 Å². The zero-order valence-corrected chi connectivity index (χ0v) is 19.9. The second-order valence-electron chi connectivity index (χ2n) is 8.86. The molecule has 34 heavy (non-hydrogen) atoms. The number of hydrogen-bond acceptors (Lipinski definition) is 1. The second-order valence-corrected chi connectivity index (χ2v) is 8.86. The summed E-state index contributed by atoms with van der Waals surface area (Å²) in [5.41, 5.74) is 13.0. The van der Waals surface area contributed by atoms with E-state index in [9.17, 15) is 0 Å². The van der Waals surface area contributed by atoms with Gasteiger partial charge in [0, 0.05) is 23.5 Å². The molecule has 0 aromatic heterocycles. The summed E-state index contributed by atoms with van der Waals surface area (Å²) in [5, 5.41) is 0. The minimum atomic E-state index is 0.757. The molecule has 1 aliphatic rings. The van der Waals surface area contributed by atoms with Gasteiger partial charge in [-0.3, -0.25) is 0 Å². The molecule has 0 amide bonds. The number of para-hydroxylation sites is 2. The molecule has 0 aliphatic carbocycles. The first-order valence-corrected chi connectivity index (χ1v) is 11.7. The summed E-state index contributed by atoms with van der Waals surface area (Å²) >= 11 is 0. The van der Waals surface area contributed by atoms with Crippen LogP contribution in [0.2, 0.25) is 0 Å². The summed E-state index contributed by atoms with van der Waals surface area (Å²) in [7, 11) is 0. The van der Waals surface area contributed by atoms with Crippen LogP contribution in [0.4, 0.5) is 11.4 Å². The summed E-state index contributed by atoms with van der Waals surface area (Å²) < 4.78 is 0. The van der Waals surface area contributed by atoms with Gasteiger partial charge < -0.3 is 4.90 Å². The number of benzene rings is 4. The van der Waals surface area contributed by atoms with Crippen molar-refractivity contribution in [1.29, 1.82) is 0 Å². The number of rotatable bonds is 4. The fourth-order valence-corrected chi connectivity index (χ4v) is 4.83. The van der Waals surface area contributed by atoms with E-state index >= 15 is 0 Å². The van der Waals surface area contributed by atoms with Gasteiger partial charge in [-0.05, 0) is 82.6 Å². The van der Waals surface area contributed by atoms with Crippen molar-refractivity contribution in [1.82, 2.24) is 0 Å². The average molecular weight is 440 g/mol. The second kappa shape index (κ2) is 9.03. The molecule has 0 atom stereocenters. The Labute approximate surface area is 203 Å². The quantitative estimate of drug-likeness (QED) is 0.287. The van der Waals surface area contributed by atoms with Gasteiger partial charge in [-0.15, -0.1) is 0 Å². The molecule has 5 rings (SSSR count). The van der Waals surface area contributed by atoms with E-state index in [1.807, 2.05) is 13.0 Å². The van der Waals surface area contributed by atoms with Gasteiger partial charge in [0.15, 0.2) is 0 Å². The van der Waals surface area contributed by atoms with Crippen molar-refractivity contribution in [3.05, 3.63) is 133 Å². The fourth-order valence-electron chi connectivity index (χ4n) is 4.83. The Morgan fingerprint density at radius 2 is 1.50 bits per heavy atom. The van der Waals surface area contributed by atoms with Crippen molar-refractivity contribution >= 4 is 22.5 Å². The van der Waals surface area contributed by atoms with Crippen LogP contribution in [0.15, 0.2) is 116 Å². The van der Waals surface area contributed by atoms with E-state index in [-0.39, 0.29) is 0 Å². The Morgan fingerprint density at radius 3 is 2.29 bits per heavy atom. The lowest BCUT2D eigenvalue weighted by Crippen LogP contribution is -2.19. The van der Waals surface area contributed by atoms with Crippen LogP contribution in [0.1, 0.15) is 23.6 Å². The number of nitrogens with zero attached hydrogens (tertiary/aromatic N) is 1. The van der Waals surface area contributed by atoms with Crippen molar-refractivity contribution in [3.63, 3.8) is 0 Å². The van der Waals surface area contributed by atoms with Gasteiger partial charge in [0.2, 0.25) is 0 Å². The maximum Gasteiger partial charge on any atom is 0.0493 e. The first-order valence-electron chi connectivity index (χ1n) is 11.7. The van der Waals surface area contributed by atoms with Crippen molar-refractivity contribution in [2.24, 2.45) is 0 Å². The van der Waals surface area contributed by atoms with Gasteiger partial charge in [0.1, 0.15) is 0 Å². The van der Waals surface area contributed by atoms with E-state index in [1.54, 1.807) is 0 Å². The monoisotopic (exact) mass is 439 g/mol. The molecule has 0 saturated carbocycles. The first kappa shape index (κ1) is 21.7. The summed E-state index contributed by atoms with van der Waals surface area (Å²) in [6, 6.07) is 32.7. The lowest BCUT2D eigenvalue weighted by atomic mass is 9.91. The molecule has 166 valence electrons. The number of allylic oxidation sites excluding steroid dienone is 3. The highest BCUT2D eigenvalue weighted by atomic mass is 15.1. The van der Waals surface area contributed by atoms with Gasteiger partial charge in [-0.1, -0.05) is 92.0 Å². The predicted octanol–water partition coefficient (Wildman–Crippen LogP) is 9.08. The van der Waals surface area contributed by atoms with Crippen LogP contribution in [0.5, 0.6) is 0 Å². The van der Waals surface area contributed by atoms with Gasteiger partial charge in [0.25, 0.3) is 0 Å². The molecule has 1 nitrogen and oxygen atoms in total. The smallest absolute Gasteiger partial charge is 0.0493 e. The van der Waals surface area contributed by atoms with Crippen LogP contribution in [-0.2, 0) is 0 Å². The zero-order valence-electron chi connectivity index (χ0n) is 19.9. The molecule has 1 heteroatoms. The van der Waals surface area contributed by atoms with Crippen LogP contribution in [0, 0.1) is 6.92 Å². The van der Waals surface area contributed by atoms with E-state index < -0.39 is 0 Å². The van der Waals surface area contributed by atoms with Gasteiger partial charge >= 0.3 is 0 Å². The maximum atomic E-state index is 4.50. The minimum absolute atomic E-state index is 0.757. The first-order chi connectivity index (χ1) is 16.6. The van der Waals surface area contributed by atoms with E-state index in [4.69, 9.17) is 0 Å². The standard InChI is InChI=1S/C33H29N/c1-5-11-23(2)26-13-10-14-27(20-26)28-18-19-29-25(4)22-34(32-16-8-6-12-24(32)3)33-17-9-7-15-30(33)31(29)21-28/h5-21H,2,4,22H2,1,3H3/b11-5-. The third-order valence-electron chi connectivity index (χ3n) is 6.58. The van der Waals surface area contributed by atoms with Crippen LogP contribution >= 0.6 is 0 Å². The molecule has 0 saturated heterocycles. The minimum Gasteiger partial charge on any atom is -0.336 e. The molecular weight excluding hydrogens is 410 g/mol. The maximum absolute atomic E-state index is 4.50. The van der Waals surface area contributed by atoms with Crippen LogP contribution in [-0.4, -0.2) is 6.54 Å². The third-order valence-corrected chi connectivity index (χ3v) is 6.58. The lowest BCUT2D eigenvalue weighted by molar-refractivity contribution is 1.11. The molecule has 1 heterocycles. The van der Waals surface area contributed by atoms with Crippen LogP contribution in [0.3, 0.4) is 0 Å². The van der Waals surface area contributed by atoms with Crippen molar-refractivity contribution < 1.29 is 0 Å². The molecule has 0 fully saturated rings. The van der Waals surface area contributed by atoms with E-state index in [0.29, 0.717) is 0 Å². The Kier molecular flexibility index (Phi) is 5.77. The van der Waals surface area contributed by atoms with Crippen molar-refractivity contribution in [2.75, 3.05) is 11.4 Å². The molecule has 0 radical (unpaired) electrons. The van der Waals surface area contributed by atoms with E-state index in [2.05, 4.69) is 122 Å². The summed E-state index contributed by atoms with van der Waals surface area (Å²) in [6.45, 7) is 13.7. The Balaban J connectivity index is 1.66. The Morgan fingerprint density at radius 1 is 0.765 bits per heavy atom. The summed E-state index contributed by atoms with van der Waals surface area (Å²) in [6.07, 6.45) is 4.08. The number of fused-ring (bicyclic) bond motifs is 3. The lowest BCUT2D eigenvalue weighted by Gasteiger charge is -2.27. The third kappa shape index (κ3) is 3.91. The Hall–Kier alpha value is -4.10. The molecule has 4 aromatic carbocycles. The van der Waals surface area contributed by atoms with Gasteiger partial charge in [-0.25, -0.2) is 0 Å². The molecule has 4 aromatic rings. The molecule has 1 aliphatic heterocycles. The van der Waals surface area contributed by atoms with Gasteiger partial charge in [-0.2, -0.15) is 0 Å². The van der Waals surface area contributed by atoms with Crippen LogP contribution < -0.4 is 4.90 Å². The van der Waals surface area contributed by atoms with E-state index in [1.165, 1.54) is 44.8 Å². The molecular formula is C33H29N. The molecule has 0 spiro atoms. The highest BCUT2D eigenvalue weighted by molar-refractivity contribution is 5.95. The number of anilines is 2. The highest BCUT2D eigenvalue weighted by Gasteiger charge is 2.24. The summed E-state index contributed by atoms with van der Waals surface area (Å²) in [4.78, 5) is 2.40. The Bertz CT molecular complexity index is 1440. The average Bonchev–Trinajstić information content (AvgIpc) is 2.99.